The van der Waals surface area contributed by atoms with Crippen molar-refractivity contribution in [1.29, 1.82) is 0 Å². The van der Waals surface area contributed by atoms with Crippen molar-refractivity contribution in [2.24, 2.45) is 0 Å². The van der Waals surface area contributed by atoms with E-state index in [0.29, 0.717) is 24.5 Å². The third kappa shape index (κ3) is 3.09. The summed E-state index contributed by atoms with van der Waals surface area (Å²) in [5.74, 6) is 0.484. The van der Waals surface area contributed by atoms with Crippen LogP contribution >= 0.6 is 0 Å². The van der Waals surface area contributed by atoms with Crippen LogP contribution in [0.1, 0.15) is 0 Å². The Morgan fingerprint density at radius 1 is 1.32 bits per heavy atom. The average Bonchev–Trinajstić information content (AvgIpc) is 3.04. The van der Waals surface area contributed by atoms with E-state index in [2.05, 4.69) is 9.88 Å². The molecule has 0 saturated carbocycles. The molecule has 3 rings (SSSR count). The molecule has 1 aliphatic rings. The zero-order chi connectivity index (χ0) is 15.5. The lowest BCUT2D eigenvalue weighted by Crippen LogP contribution is -2.48. The third-order valence-corrected chi connectivity index (χ3v) is 3.81. The second-order valence-corrected chi connectivity index (χ2v) is 5.40. The van der Waals surface area contributed by atoms with Crippen LogP contribution in [0, 0.1) is 0 Å². The minimum Gasteiger partial charge on any atom is -0.463 e. The topological polar surface area (TPSA) is 71.6 Å². The number of carbonyl (C=O) groups excluding carboxylic acids is 1. The number of aromatic nitrogens is 2. The van der Waals surface area contributed by atoms with E-state index >= 15 is 0 Å². The molecule has 0 atom stereocenters. The first kappa shape index (κ1) is 14.5. The summed E-state index contributed by atoms with van der Waals surface area (Å²) in [5.41, 5.74) is 0.210. The lowest BCUT2D eigenvalue weighted by atomic mass is 10.3. The van der Waals surface area contributed by atoms with Crippen LogP contribution in [0.3, 0.4) is 0 Å². The first-order valence-electron chi connectivity index (χ1n) is 7.20. The largest absolute Gasteiger partial charge is 0.463 e. The monoisotopic (exact) mass is 302 g/mol. The van der Waals surface area contributed by atoms with Gasteiger partial charge in [0.25, 0.3) is 5.56 Å². The number of hydrogen-bond acceptors (Lipinski definition) is 5. The van der Waals surface area contributed by atoms with Crippen LogP contribution in [0.5, 0.6) is 0 Å². The highest BCUT2D eigenvalue weighted by atomic mass is 16.3. The Morgan fingerprint density at radius 3 is 2.73 bits per heavy atom. The summed E-state index contributed by atoms with van der Waals surface area (Å²) in [6, 6.07) is 4.86. The molecule has 0 spiro atoms. The lowest BCUT2D eigenvalue weighted by molar-refractivity contribution is -0.133. The molecular weight excluding hydrogens is 284 g/mol. The van der Waals surface area contributed by atoms with Gasteiger partial charge >= 0.3 is 0 Å². The van der Waals surface area contributed by atoms with E-state index in [-0.39, 0.29) is 18.0 Å². The standard InChI is InChI=1S/C15H18N4O3/c1-17-4-6-18(7-5-17)15(21)10-19-11-16-12(9-14(19)20)13-3-2-8-22-13/h2-3,8-9,11H,4-7,10H2,1H3. The molecule has 7 nitrogen and oxygen atoms in total. The smallest absolute Gasteiger partial charge is 0.254 e. The molecule has 1 amide bonds. The van der Waals surface area contributed by atoms with E-state index in [1.165, 1.54) is 23.2 Å². The Hall–Kier alpha value is -2.41. The first-order valence-corrected chi connectivity index (χ1v) is 7.20. The lowest BCUT2D eigenvalue weighted by Gasteiger charge is -2.32. The Morgan fingerprint density at radius 2 is 2.09 bits per heavy atom. The Kier molecular flexibility index (Phi) is 4.06. The summed E-state index contributed by atoms with van der Waals surface area (Å²) in [6.45, 7) is 3.13. The van der Waals surface area contributed by atoms with Gasteiger partial charge in [-0.2, -0.15) is 0 Å². The first-order chi connectivity index (χ1) is 10.6. The molecule has 3 heterocycles. The number of amides is 1. The number of rotatable bonds is 3. The molecule has 0 bridgehead atoms. The third-order valence-electron chi connectivity index (χ3n) is 3.81. The van der Waals surface area contributed by atoms with Gasteiger partial charge in [0.15, 0.2) is 5.76 Å². The van der Waals surface area contributed by atoms with Gasteiger partial charge in [0, 0.05) is 32.2 Å². The predicted octanol–water partition coefficient (Wildman–Crippen LogP) is 0.277. The molecule has 22 heavy (non-hydrogen) atoms. The van der Waals surface area contributed by atoms with Crippen molar-refractivity contribution < 1.29 is 9.21 Å². The predicted molar refractivity (Wildman–Crippen MR) is 80.3 cm³/mol. The molecule has 7 heteroatoms. The Bertz CT molecular complexity index is 700. The fourth-order valence-electron chi connectivity index (χ4n) is 2.41. The minimum absolute atomic E-state index is 0.0218. The van der Waals surface area contributed by atoms with Crippen molar-refractivity contribution in [2.45, 2.75) is 6.54 Å². The zero-order valence-corrected chi connectivity index (χ0v) is 12.4. The molecule has 1 saturated heterocycles. The van der Waals surface area contributed by atoms with Gasteiger partial charge in [0.2, 0.25) is 5.91 Å². The highest BCUT2D eigenvalue weighted by Gasteiger charge is 2.19. The van der Waals surface area contributed by atoms with Crippen LogP contribution in [0.4, 0.5) is 0 Å². The maximum Gasteiger partial charge on any atom is 0.254 e. The molecule has 1 fully saturated rings. The number of hydrogen-bond donors (Lipinski definition) is 0. The summed E-state index contributed by atoms with van der Waals surface area (Å²) in [5, 5.41) is 0. The van der Waals surface area contributed by atoms with Crippen LogP contribution in [-0.2, 0) is 11.3 Å². The van der Waals surface area contributed by atoms with Crippen LogP contribution in [0.15, 0.2) is 40.0 Å². The van der Waals surface area contributed by atoms with E-state index in [0.717, 1.165) is 13.1 Å². The van der Waals surface area contributed by atoms with E-state index in [1.54, 1.807) is 17.0 Å². The second-order valence-electron chi connectivity index (χ2n) is 5.40. The summed E-state index contributed by atoms with van der Waals surface area (Å²) in [6.07, 6.45) is 2.92. The zero-order valence-electron chi connectivity index (χ0n) is 12.4. The van der Waals surface area contributed by atoms with Crippen LogP contribution in [0.25, 0.3) is 11.5 Å². The Balaban J connectivity index is 1.70. The molecule has 1 aliphatic heterocycles. The van der Waals surface area contributed by atoms with Gasteiger partial charge in [0.1, 0.15) is 12.2 Å². The van der Waals surface area contributed by atoms with Gasteiger partial charge in [-0.25, -0.2) is 4.98 Å². The highest BCUT2D eigenvalue weighted by molar-refractivity contribution is 5.76. The maximum atomic E-state index is 12.2. The normalized spacial score (nSPS) is 16.0. The van der Waals surface area contributed by atoms with Gasteiger partial charge < -0.3 is 14.2 Å². The van der Waals surface area contributed by atoms with Crippen molar-refractivity contribution in [2.75, 3.05) is 33.2 Å². The molecule has 2 aromatic heterocycles. The molecule has 116 valence electrons. The Labute approximate surface area is 127 Å². The quantitative estimate of drug-likeness (QED) is 0.814. The van der Waals surface area contributed by atoms with Crippen LogP contribution in [0.2, 0.25) is 0 Å². The number of piperazine rings is 1. The van der Waals surface area contributed by atoms with E-state index < -0.39 is 0 Å². The van der Waals surface area contributed by atoms with Gasteiger partial charge in [0.05, 0.1) is 12.6 Å². The fraction of sp³-hybridized carbons (Fsp3) is 0.400. The summed E-state index contributed by atoms with van der Waals surface area (Å²) in [7, 11) is 2.03. The highest BCUT2D eigenvalue weighted by Crippen LogP contribution is 2.14. The van der Waals surface area contributed by atoms with Gasteiger partial charge in [-0.05, 0) is 19.2 Å². The van der Waals surface area contributed by atoms with Crippen molar-refractivity contribution in [3.05, 3.63) is 41.1 Å². The fourth-order valence-corrected chi connectivity index (χ4v) is 2.41. The van der Waals surface area contributed by atoms with Gasteiger partial charge in [-0.1, -0.05) is 0 Å². The van der Waals surface area contributed by atoms with Crippen molar-refractivity contribution in [3.63, 3.8) is 0 Å². The van der Waals surface area contributed by atoms with Crippen LogP contribution in [-0.4, -0.2) is 58.5 Å². The molecule has 2 aromatic rings. The number of nitrogens with zero attached hydrogens (tertiary/aromatic N) is 4. The summed E-state index contributed by atoms with van der Waals surface area (Å²) >= 11 is 0. The SMILES string of the molecule is CN1CCN(C(=O)Cn2cnc(-c3ccco3)cc2=O)CC1. The summed E-state index contributed by atoms with van der Waals surface area (Å²) in [4.78, 5) is 32.5. The van der Waals surface area contributed by atoms with Crippen molar-refractivity contribution >= 4 is 5.91 Å². The summed E-state index contributed by atoms with van der Waals surface area (Å²) < 4.78 is 6.54. The van der Waals surface area contributed by atoms with E-state index in [9.17, 15) is 9.59 Å². The average molecular weight is 302 g/mol. The van der Waals surface area contributed by atoms with Gasteiger partial charge in [-0.15, -0.1) is 0 Å². The molecular formula is C15H18N4O3. The molecule has 0 radical (unpaired) electrons. The van der Waals surface area contributed by atoms with Crippen molar-refractivity contribution in [1.82, 2.24) is 19.4 Å². The number of carbonyl (C=O) groups is 1. The maximum absolute atomic E-state index is 12.2. The number of likely N-dealkylation sites (N-methyl/N-ethyl adjacent to an activating group) is 1. The van der Waals surface area contributed by atoms with Crippen LogP contribution < -0.4 is 5.56 Å². The second kappa shape index (κ2) is 6.15. The number of furan rings is 1. The molecule has 0 aliphatic carbocycles. The molecule has 0 aromatic carbocycles. The minimum atomic E-state index is -0.260. The molecule has 0 unspecified atom stereocenters. The van der Waals surface area contributed by atoms with E-state index in [1.807, 2.05) is 7.05 Å². The van der Waals surface area contributed by atoms with Gasteiger partial charge in [-0.3, -0.25) is 14.2 Å². The van der Waals surface area contributed by atoms with Crippen molar-refractivity contribution in [3.8, 4) is 11.5 Å². The molecule has 0 N–H and O–H groups in total. The van der Waals surface area contributed by atoms with E-state index in [4.69, 9.17) is 4.42 Å².